The smallest absolute Gasteiger partial charge is 0.338 e. The van der Waals surface area contributed by atoms with Crippen LogP contribution >= 0.6 is 0 Å². The monoisotopic (exact) mass is 340 g/mol. The number of nitrogens with zero attached hydrogens (tertiary/aromatic N) is 3. The number of fused-ring (bicyclic) bond motifs is 1. The zero-order valence-electron chi connectivity index (χ0n) is 14.2. The third kappa shape index (κ3) is 3.55. The number of aromatic nitrogens is 1. The third-order valence-electron chi connectivity index (χ3n) is 3.95. The summed E-state index contributed by atoms with van der Waals surface area (Å²) in [5.74, 6) is 0.358. The fraction of sp³-hybridized carbons (Fsp3) is 0.278. The molecule has 1 aromatic heterocycles. The van der Waals surface area contributed by atoms with Gasteiger partial charge in [0.25, 0.3) is 0 Å². The van der Waals surface area contributed by atoms with Gasteiger partial charge < -0.3 is 15.0 Å². The molecule has 0 radical (unpaired) electrons. The number of ether oxygens (including phenoxy) is 1. The maximum Gasteiger partial charge on any atom is 0.338 e. The van der Waals surface area contributed by atoms with E-state index in [1.165, 1.54) is 0 Å². The molecule has 0 fully saturated rings. The first kappa shape index (κ1) is 16.8. The van der Waals surface area contributed by atoms with Gasteiger partial charge in [-0.3, -0.25) is 4.90 Å². The van der Waals surface area contributed by atoms with Crippen LogP contribution < -0.4 is 15.1 Å². The van der Waals surface area contributed by atoms with E-state index in [0.29, 0.717) is 30.9 Å². The highest BCUT2D eigenvalue weighted by molar-refractivity contribution is 6.04. The molecule has 0 saturated carbocycles. The van der Waals surface area contributed by atoms with Gasteiger partial charge in [-0.1, -0.05) is 6.07 Å². The Hall–Kier alpha value is -3.09. The molecule has 7 nitrogen and oxygen atoms in total. The lowest BCUT2D eigenvalue weighted by atomic mass is 10.2. The third-order valence-corrected chi connectivity index (χ3v) is 3.95. The molecular weight excluding hydrogens is 320 g/mol. The normalized spacial score (nSPS) is 13.2. The molecule has 2 aromatic rings. The van der Waals surface area contributed by atoms with Crippen molar-refractivity contribution in [1.82, 2.24) is 4.98 Å². The van der Waals surface area contributed by atoms with Gasteiger partial charge in [-0.2, -0.15) is 0 Å². The molecule has 3 rings (SSSR count). The van der Waals surface area contributed by atoms with Crippen LogP contribution in [0.1, 0.15) is 17.3 Å². The van der Waals surface area contributed by atoms with E-state index in [0.717, 1.165) is 11.5 Å². The second-order valence-corrected chi connectivity index (χ2v) is 5.65. The average molecular weight is 340 g/mol. The molecule has 2 heterocycles. The second-order valence-electron chi connectivity index (χ2n) is 5.65. The molecule has 7 heteroatoms. The van der Waals surface area contributed by atoms with E-state index in [9.17, 15) is 9.59 Å². The number of pyridine rings is 1. The lowest BCUT2D eigenvalue weighted by Crippen LogP contribution is -2.45. The first-order valence-electron chi connectivity index (χ1n) is 8.12. The Morgan fingerprint density at radius 3 is 2.88 bits per heavy atom. The first-order valence-corrected chi connectivity index (χ1v) is 8.12. The Balaban J connectivity index is 1.78. The van der Waals surface area contributed by atoms with Gasteiger partial charge in [0.1, 0.15) is 0 Å². The summed E-state index contributed by atoms with van der Waals surface area (Å²) in [4.78, 5) is 32.5. The van der Waals surface area contributed by atoms with Crippen LogP contribution in [-0.4, -0.2) is 43.7 Å². The van der Waals surface area contributed by atoms with E-state index in [1.54, 1.807) is 48.4 Å². The van der Waals surface area contributed by atoms with Gasteiger partial charge in [0.2, 0.25) is 0 Å². The highest BCUT2D eigenvalue weighted by Gasteiger charge is 2.26. The van der Waals surface area contributed by atoms with Crippen LogP contribution in [0.5, 0.6) is 0 Å². The number of nitrogens with one attached hydrogen (secondary N) is 1. The highest BCUT2D eigenvalue weighted by Crippen LogP contribution is 2.30. The number of rotatable bonds is 3. The summed E-state index contributed by atoms with van der Waals surface area (Å²) >= 11 is 0. The molecule has 1 aliphatic rings. The predicted molar refractivity (Wildman–Crippen MR) is 96.3 cm³/mol. The minimum atomic E-state index is -0.409. The minimum absolute atomic E-state index is 0.261. The van der Waals surface area contributed by atoms with E-state index in [1.807, 2.05) is 18.0 Å². The molecule has 0 unspecified atom stereocenters. The molecule has 25 heavy (non-hydrogen) atoms. The minimum Gasteiger partial charge on any atom is -0.462 e. The zero-order valence-corrected chi connectivity index (χ0v) is 14.2. The van der Waals surface area contributed by atoms with E-state index >= 15 is 0 Å². The van der Waals surface area contributed by atoms with Crippen molar-refractivity contribution >= 4 is 29.2 Å². The molecule has 0 spiro atoms. The van der Waals surface area contributed by atoms with Gasteiger partial charge in [0, 0.05) is 32.0 Å². The number of urea groups is 1. The molecule has 0 bridgehead atoms. The molecular formula is C18H20N4O3. The van der Waals surface area contributed by atoms with Gasteiger partial charge in [-0.05, 0) is 37.3 Å². The predicted octanol–water partition coefficient (Wildman–Crippen LogP) is 2.75. The van der Waals surface area contributed by atoms with Gasteiger partial charge in [0.05, 0.1) is 17.9 Å². The zero-order chi connectivity index (χ0) is 17.8. The average Bonchev–Trinajstić information content (AvgIpc) is 2.62. The second kappa shape index (κ2) is 7.21. The van der Waals surface area contributed by atoms with E-state index in [-0.39, 0.29) is 6.03 Å². The van der Waals surface area contributed by atoms with Crippen molar-refractivity contribution in [2.24, 2.45) is 0 Å². The summed E-state index contributed by atoms with van der Waals surface area (Å²) in [5.41, 5.74) is 1.70. The summed E-state index contributed by atoms with van der Waals surface area (Å²) in [6.07, 6.45) is 1.71. The maximum atomic E-state index is 12.7. The van der Waals surface area contributed by atoms with E-state index < -0.39 is 5.97 Å². The largest absolute Gasteiger partial charge is 0.462 e. The van der Waals surface area contributed by atoms with Crippen molar-refractivity contribution in [3.8, 4) is 0 Å². The summed E-state index contributed by atoms with van der Waals surface area (Å²) < 4.78 is 4.99. The highest BCUT2D eigenvalue weighted by atomic mass is 16.5. The molecule has 1 N–H and O–H groups in total. The molecule has 0 aliphatic carbocycles. The van der Waals surface area contributed by atoms with Crippen LogP contribution in [0.4, 0.5) is 22.0 Å². The maximum absolute atomic E-state index is 12.7. The number of hydrogen-bond donors (Lipinski definition) is 1. The number of likely N-dealkylation sites (N-methyl/N-ethyl adjacent to an activating group) is 1. The molecule has 2 amide bonds. The molecule has 1 aromatic carbocycles. The van der Waals surface area contributed by atoms with Crippen LogP contribution in [0.25, 0.3) is 0 Å². The summed E-state index contributed by atoms with van der Waals surface area (Å²) in [5, 5.41) is 2.84. The first-order chi connectivity index (χ1) is 12.1. The number of amides is 2. The van der Waals surface area contributed by atoms with Crippen molar-refractivity contribution in [3.63, 3.8) is 0 Å². The topological polar surface area (TPSA) is 74.8 Å². The molecule has 1 aliphatic heterocycles. The Morgan fingerprint density at radius 1 is 1.24 bits per heavy atom. The molecule has 0 atom stereocenters. The summed E-state index contributed by atoms with van der Waals surface area (Å²) in [7, 11) is 1.95. The quantitative estimate of drug-likeness (QED) is 0.870. The van der Waals surface area contributed by atoms with Crippen LogP contribution in [-0.2, 0) is 4.74 Å². The van der Waals surface area contributed by atoms with Gasteiger partial charge >= 0.3 is 12.0 Å². The Kier molecular flexibility index (Phi) is 4.83. The summed E-state index contributed by atoms with van der Waals surface area (Å²) in [6.45, 7) is 3.31. The van der Waals surface area contributed by atoms with Crippen LogP contribution in [0, 0.1) is 0 Å². The van der Waals surface area contributed by atoms with Crippen LogP contribution in [0.15, 0.2) is 42.6 Å². The summed E-state index contributed by atoms with van der Waals surface area (Å²) in [6, 6.07) is 10.1. The van der Waals surface area contributed by atoms with Crippen molar-refractivity contribution in [1.29, 1.82) is 0 Å². The van der Waals surface area contributed by atoms with Crippen molar-refractivity contribution in [3.05, 3.63) is 48.2 Å². The molecule has 130 valence electrons. The van der Waals surface area contributed by atoms with Crippen LogP contribution in [0.3, 0.4) is 0 Å². The van der Waals surface area contributed by atoms with Crippen molar-refractivity contribution in [2.75, 3.05) is 41.9 Å². The van der Waals surface area contributed by atoms with E-state index in [4.69, 9.17) is 4.74 Å². The van der Waals surface area contributed by atoms with Gasteiger partial charge in [0.15, 0.2) is 5.82 Å². The fourth-order valence-corrected chi connectivity index (χ4v) is 2.71. The number of hydrogen-bond acceptors (Lipinski definition) is 5. The lowest BCUT2D eigenvalue weighted by molar-refractivity contribution is 0.0526. The number of carbonyl (C=O) groups is 2. The van der Waals surface area contributed by atoms with Crippen molar-refractivity contribution < 1.29 is 14.3 Å². The lowest BCUT2D eigenvalue weighted by Gasteiger charge is -2.34. The molecule has 0 saturated heterocycles. The Labute approximate surface area is 146 Å². The number of benzene rings is 1. The number of carbonyl (C=O) groups excluding carboxylic acids is 2. The SMILES string of the molecule is CCOC(=O)c1cccc(NC(=O)N2CCN(C)c3ncccc32)c1. The van der Waals surface area contributed by atoms with Gasteiger partial charge in [-0.15, -0.1) is 0 Å². The fourth-order valence-electron chi connectivity index (χ4n) is 2.71. The van der Waals surface area contributed by atoms with Crippen LogP contribution in [0.2, 0.25) is 0 Å². The standard InChI is InChI=1S/C18H20N4O3/c1-3-25-17(23)13-6-4-7-14(12-13)20-18(24)22-11-10-21(2)16-15(22)8-5-9-19-16/h4-9,12H,3,10-11H2,1-2H3,(H,20,24). The van der Waals surface area contributed by atoms with Gasteiger partial charge in [-0.25, -0.2) is 14.6 Å². The number of esters is 1. The number of anilines is 3. The Bertz CT molecular complexity index is 793. The Morgan fingerprint density at radius 2 is 2.08 bits per heavy atom. The van der Waals surface area contributed by atoms with E-state index in [2.05, 4.69) is 10.3 Å². The van der Waals surface area contributed by atoms with Crippen molar-refractivity contribution in [2.45, 2.75) is 6.92 Å².